The lowest BCUT2D eigenvalue weighted by molar-refractivity contribution is 0.237. The number of likely N-dealkylation sites (tertiary alicyclic amines) is 2. The van der Waals surface area contributed by atoms with Gasteiger partial charge in [0.25, 0.3) is 0 Å². The van der Waals surface area contributed by atoms with Crippen molar-refractivity contribution in [3.63, 3.8) is 0 Å². The van der Waals surface area contributed by atoms with Gasteiger partial charge in [-0.05, 0) is 37.3 Å². The van der Waals surface area contributed by atoms with Crippen LogP contribution < -0.4 is 0 Å². The van der Waals surface area contributed by atoms with Gasteiger partial charge in [-0.1, -0.05) is 20.8 Å². The molecule has 2 aliphatic rings. The molecule has 88 valence electrons. The Hall–Kier alpha value is -0.0800. The minimum atomic E-state index is 0.495. The number of hydrogen-bond donors (Lipinski definition) is 0. The monoisotopic (exact) mass is 210 g/mol. The summed E-state index contributed by atoms with van der Waals surface area (Å²) in [7, 11) is 2.26. The second kappa shape index (κ2) is 4.06. The quantitative estimate of drug-likeness (QED) is 0.687. The smallest absolute Gasteiger partial charge is 0.00256 e. The first-order valence-corrected chi connectivity index (χ1v) is 6.35. The van der Waals surface area contributed by atoms with Gasteiger partial charge in [0.05, 0.1) is 0 Å². The Labute approximate surface area is 94.6 Å². The molecular weight excluding hydrogens is 184 g/mol. The topological polar surface area (TPSA) is 6.48 Å². The van der Waals surface area contributed by atoms with Crippen LogP contribution in [0.5, 0.6) is 0 Å². The van der Waals surface area contributed by atoms with E-state index < -0.39 is 0 Å². The Bertz CT molecular complexity index is 205. The molecule has 0 bridgehead atoms. The van der Waals surface area contributed by atoms with Crippen molar-refractivity contribution in [3.8, 4) is 0 Å². The fourth-order valence-corrected chi connectivity index (χ4v) is 3.00. The predicted molar refractivity (Wildman–Crippen MR) is 65.0 cm³/mol. The molecule has 0 aliphatic carbocycles. The van der Waals surface area contributed by atoms with Crippen LogP contribution in [0.15, 0.2) is 0 Å². The van der Waals surface area contributed by atoms with Crippen LogP contribution in [0.2, 0.25) is 0 Å². The molecule has 2 nitrogen and oxygen atoms in total. The summed E-state index contributed by atoms with van der Waals surface area (Å²) < 4.78 is 0. The molecule has 2 saturated heterocycles. The Morgan fingerprint density at radius 1 is 1.00 bits per heavy atom. The third kappa shape index (κ3) is 2.94. The highest BCUT2D eigenvalue weighted by Crippen LogP contribution is 2.31. The van der Waals surface area contributed by atoms with E-state index in [1.54, 1.807) is 0 Å². The van der Waals surface area contributed by atoms with E-state index in [4.69, 9.17) is 0 Å². The van der Waals surface area contributed by atoms with Crippen molar-refractivity contribution in [1.29, 1.82) is 0 Å². The van der Waals surface area contributed by atoms with Gasteiger partial charge >= 0.3 is 0 Å². The molecule has 0 spiro atoms. The molecule has 2 aliphatic heterocycles. The maximum atomic E-state index is 2.69. The van der Waals surface area contributed by atoms with Crippen molar-refractivity contribution < 1.29 is 0 Å². The fourth-order valence-electron chi connectivity index (χ4n) is 3.00. The highest BCUT2D eigenvalue weighted by molar-refractivity contribution is 4.92. The molecule has 0 aromatic rings. The van der Waals surface area contributed by atoms with Crippen LogP contribution in [0, 0.1) is 17.3 Å². The van der Waals surface area contributed by atoms with Gasteiger partial charge in [0.1, 0.15) is 0 Å². The second-order valence-corrected chi connectivity index (χ2v) is 6.81. The summed E-state index contributed by atoms with van der Waals surface area (Å²) in [4.78, 5) is 5.18. The summed E-state index contributed by atoms with van der Waals surface area (Å²) in [5.41, 5.74) is 0.495. The standard InChI is InChI=1S/C13H26N2/c1-13(2,3)5-6-15-9-11-7-14(4)8-12(11)10-15/h11-12H,5-10H2,1-4H3. The number of fused-ring (bicyclic) bond motifs is 1. The van der Waals surface area contributed by atoms with Crippen LogP contribution >= 0.6 is 0 Å². The van der Waals surface area contributed by atoms with E-state index in [-0.39, 0.29) is 0 Å². The Balaban J connectivity index is 1.75. The Morgan fingerprint density at radius 2 is 1.53 bits per heavy atom. The molecule has 2 fully saturated rings. The highest BCUT2D eigenvalue weighted by Gasteiger charge is 2.38. The van der Waals surface area contributed by atoms with Gasteiger partial charge in [0, 0.05) is 26.2 Å². The second-order valence-electron chi connectivity index (χ2n) is 6.81. The van der Waals surface area contributed by atoms with Gasteiger partial charge in [-0.3, -0.25) is 0 Å². The van der Waals surface area contributed by atoms with Crippen molar-refractivity contribution in [2.24, 2.45) is 17.3 Å². The van der Waals surface area contributed by atoms with Gasteiger partial charge in [0.2, 0.25) is 0 Å². The molecule has 0 saturated carbocycles. The van der Waals surface area contributed by atoms with E-state index in [9.17, 15) is 0 Å². The average molecular weight is 210 g/mol. The van der Waals surface area contributed by atoms with Crippen molar-refractivity contribution in [3.05, 3.63) is 0 Å². The number of hydrogen-bond acceptors (Lipinski definition) is 2. The van der Waals surface area contributed by atoms with E-state index in [0.29, 0.717) is 5.41 Å². The zero-order valence-corrected chi connectivity index (χ0v) is 10.8. The molecule has 2 atom stereocenters. The number of nitrogens with zero attached hydrogens (tertiary/aromatic N) is 2. The van der Waals surface area contributed by atoms with Gasteiger partial charge in [-0.25, -0.2) is 0 Å². The van der Waals surface area contributed by atoms with Crippen LogP contribution in [-0.4, -0.2) is 49.6 Å². The van der Waals surface area contributed by atoms with E-state index >= 15 is 0 Å². The first-order chi connectivity index (χ1) is 6.94. The maximum Gasteiger partial charge on any atom is 0.00256 e. The first kappa shape index (κ1) is 11.4. The van der Waals surface area contributed by atoms with Gasteiger partial charge in [-0.15, -0.1) is 0 Å². The third-order valence-corrected chi connectivity index (χ3v) is 3.92. The van der Waals surface area contributed by atoms with E-state index in [2.05, 4.69) is 37.6 Å². The summed E-state index contributed by atoms with van der Waals surface area (Å²) in [6, 6.07) is 0. The molecule has 0 N–H and O–H groups in total. The first-order valence-electron chi connectivity index (χ1n) is 6.35. The van der Waals surface area contributed by atoms with Crippen LogP contribution in [-0.2, 0) is 0 Å². The van der Waals surface area contributed by atoms with E-state index in [1.807, 2.05) is 0 Å². The largest absolute Gasteiger partial charge is 0.306 e. The van der Waals surface area contributed by atoms with Crippen LogP contribution in [0.3, 0.4) is 0 Å². The molecule has 0 radical (unpaired) electrons. The summed E-state index contributed by atoms with van der Waals surface area (Å²) >= 11 is 0. The van der Waals surface area contributed by atoms with Crippen molar-refractivity contribution in [2.45, 2.75) is 27.2 Å². The fraction of sp³-hybridized carbons (Fsp3) is 1.00. The average Bonchev–Trinajstić information content (AvgIpc) is 2.55. The highest BCUT2D eigenvalue weighted by atomic mass is 15.2. The molecule has 0 aromatic heterocycles. The molecule has 15 heavy (non-hydrogen) atoms. The molecule has 2 heterocycles. The van der Waals surface area contributed by atoms with Crippen molar-refractivity contribution in [2.75, 3.05) is 39.8 Å². The summed E-state index contributed by atoms with van der Waals surface area (Å²) in [6.07, 6.45) is 1.34. The van der Waals surface area contributed by atoms with E-state index in [1.165, 1.54) is 39.1 Å². The lowest BCUT2D eigenvalue weighted by Gasteiger charge is -2.24. The van der Waals surface area contributed by atoms with Crippen LogP contribution in [0.1, 0.15) is 27.2 Å². The van der Waals surface area contributed by atoms with Gasteiger partial charge in [0.15, 0.2) is 0 Å². The molecular formula is C13H26N2. The zero-order valence-electron chi connectivity index (χ0n) is 10.8. The SMILES string of the molecule is CN1CC2CN(CCC(C)(C)C)CC2C1. The molecule has 2 heteroatoms. The Kier molecular flexibility index (Phi) is 3.09. The summed E-state index contributed by atoms with van der Waals surface area (Å²) in [5, 5.41) is 0. The summed E-state index contributed by atoms with van der Waals surface area (Å²) in [5.74, 6) is 1.94. The molecule has 2 rings (SSSR count). The third-order valence-electron chi connectivity index (χ3n) is 3.92. The summed E-state index contributed by atoms with van der Waals surface area (Å²) in [6.45, 7) is 13.7. The van der Waals surface area contributed by atoms with Crippen LogP contribution in [0.25, 0.3) is 0 Å². The van der Waals surface area contributed by atoms with Crippen LogP contribution in [0.4, 0.5) is 0 Å². The zero-order chi connectivity index (χ0) is 11.1. The van der Waals surface area contributed by atoms with Gasteiger partial charge < -0.3 is 9.80 Å². The lowest BCUT2D eigenvalue weighted by Crippen LogP contribution is -2.29. The number of rotatable bonds is 2. The van der Waals surface area contributed by atoms with Gasteiger partial charge in [-0.2, -0.15) is 0 Å². The predicted octanol–water partition coefficient (Wildman–Crippen LogP) is 1.92. The Morgan fingerprint density at radius 3 is 2.00 bits per heavy atom. The normalized spacial score (nSPS) is 33.6. The van der Waals surface area contributed by atoms with Crippen molar-refractivity contribution >= 4 is 0 Å². The maximum absolute atomic E-state index is 2.69. The molecule has 0 aromatic carbocycles. The minimum Gasteiger partial charge on any atom is -0.306 e. The van der Waals surface area contributed by atoms with Crippen molar-refractivity contribution in [1.82, 2.24) is 9.80 Å². The van der Waals surface area contributed by atoms with E-state index in [0.717, 1.165) is 11.8 Å². The lowest BCUT2D eigenvalue weighted by atomic mass is 9.92. The molecule has 0 amide bonds. The molecule has 2 unspecified atom stereocenters. The minimum absolute atomic E-state index is 0.495.